The Morgan fingerprint density at radius 1 is 1.33 bits per heavy atom. The number of fused-ring (bicyclic) bond motifs is 1. The molecule has 0 fully saturated rings. The van der Waals surface area contributed by atoms with Gasteiger partial charge in [0, 0.05) is 10.6 Å². The molecule has 0 atom stereocenters. The Balaban J connectivity index is 1.95. The second kappa shape index (κ2) is 7.71. The topological polar surface area (TPSA) is 87.6 Å². The number of sulfonamides is 1. The lowest BCUT2D eigenvalue weighted by molar-refractivity contribution is 0.102. The molecule has 1 aliphatic rings. The highest BCUT2D eigenvalue weighted by Gasteiger charge is 2.30. The number of amidine groups is 1. The molecule has 10 heteroatoms. The number of carbonyl (C=O) groups excluding carboxylic acids is 1. The molecule has 0 saturated carbocycles. The van der Waals surface area contributed by atoms with Gasteiger partial charge in [-0.25, -0.2) is 12.8 Å². The Morgan fingerprint density at radius 3 is 2.70 bits per heavy atom. The van der Waals surface area contributed by atoms with E-state index in [0.717, 1.165) is 11.8 Å². The molecule has 0 bridgehead atoms. The Kier molecular flexibility index (Phi) is 5.54. The van der Waals surface area contributed by atoms with Crippen molar-refractivity contribution in [3.63, 3.8) is 0 Å². The molecule has 0 spiro atoms. The van der Waals surface area contributed by atoms with E-state index < -0.39 is 21.7 Å². The number of anilines is 1. The molecule has 3 rings (SSSR count). The average molecular weight is 426 g/mol. The minimum Gasteiger partial charge on any atom is -0.322 e. The van der Waals surface area contributed by atoms with Crippen molar-refractivity contribution < 1.29 is 17.6 Å². The molecule has 27 heavy (non-hydrogen) atoms. The van der Waals surface area contributed by atoms with Gasteiger partial charge in [0.1, 0.15) is 10.7 Å². The number of nitrogens with one attached hydrogen (secondary N) is 2. The Labute approximate surface area is 164 Å². The molecule has 0 aromatic heterocycles. The number of amides is 1. The lowest BCUT2D eigenvalue weighted by Gasteiger charge is -2.20. The molecule has 2 aromatic carbocycles. The maximum absolute atomic E-state index is 13.0. The monoisotopic (exact) mass is 425 g/mol. The van der Waals surface area contributed by atoms with Crippen LogP contribution < -0.4 is 10.0 Å². The number of aliphatic imine (C=N–C) groups is 1. The van der Waals surface area contributed by atoms with Gasteiger partial charge in [-0.15, -0.1) is 6.58 Å². The first kappa shape index (κ1) is 19.4. The Bertz CT molecular complexity index is 1050. The molecule has 2 N–H and O–H groups in total. The van der Waals surface area contributed by atoms with Gasteiger partial charge in [0.2, 0.25) is 0 Å². The Hall–Kier alpha value is -2.36. The summed E-state index contributed by atoms with van der Waals surface area (Å²) >= 11 is 7.28. The van der Waals surface area contributed by atoms with Crippen LogP contribution in [0.25, 0.3) is 0 Å². The lowest BCUT2D eigenvalue weighted by atomic mass is 10.2. The number of hydrogen-bond acceptors (Lipinski definition) is 5. The van der Waals surface area contributed by atoms with Crippen molar-refractivity contribution in [1.82, 2.24) is 4.72 Å². The van der Waals surface area contributed by atoms with E-state index in [4.69, 9.17) is 11.6 Å². The maximum atomic E-state index is 13.0. The molecule has 140 valence electrons. The van der Waals surface area contributed by atoms with Crippen molar-refractivity contribution in [2.45, 2.75) is 9.79 Å². The number of benzene rings is 2. The third-order valence-electron chi connectivity index (χ3n) is 3.46. The number of rotatable bonds is 4. The molecule has 1 aliphatic heterocycles. The van der Waals surface area contributed by atoms with Crippen LogP contribution in [0.3, 0.4) is 0 Å². The number of nitrogens with zero attached hydrogens (tertiary/aromatic N) is 1. The van der Waals surface area contributed by atoms with Gasteiger partial charge in [-0.2, -0.15) is 0 Å². The largest absolute Gasteiger partial charge is 0.322 e. The smallest absolute Gasteiger partial charge is 0.264 e. The number of halogens is 2. The van der Waals surface area contributed by atoms with Crippen LogP contribution in [-0.2, 0) is 10.0 Å². The first-order chi connectivity index (χ1) is 12.8. The van der Waals surface area contributed by atoms with E-state index in [2.05, 4.69) is 21.6 Å². The molecule has 0 unspecified atom stereocenters. The predicted octanol–water partition coefficient (Wildman–Crippen LogP) is 3.66. The minimum absolute atomic E-state index is 0.0165. The van der Waals surface area contributed by atoms with Gasteiger partial charge in [-0.05, 0) is 36.4 Å². The van der Waals surface area contributed by atoms with Crippen LogP contribution in [0.2, 0.25) is 5.02 Å². The van der Waals surface area contributed by atoms with Gasteiger partial charge in [0.15, 0.2) is 5.17 Å². The summed E-state index contributed by atoms with van der Waals surface area (Å²) in [5.74, 6) is -1.05. The molecule has 6 nitrogen and oxygen atoms in total. The highest BCUT2D eigenvalue weighted by Crippen LogP contribution is 2.36. The molecular weight excluding hydrogens is 413 g/mol. The van der Waals surface area contributed by atoms with Crippen LogP contribution in [0, 0.1) is 5.82 Å². The molecule has 1 amide bonds. The summed E-state index contributed by atoms with van der Waals surface area (Å²) < 4.78 is 40.3. The summed E-state index contributed by atoms with van der Waals surface area (Å²) in [5, 5.41) is 2.83. The molecular formula is C17H13ClFN3O3S2. The van der Waals surface area contributed by atoms with Gasteiger partial charge >= 0.3 is 0 Å². The highest BCUT2D eigenvalue weighted by molar-refractivity contribution is 8.16. The second-order valence-corrected chi connectivity index (χ2v) is 8.47. The number of carbonyl (C=O) groups is 1. The zero-order valence-electron chi connectivity index (χ0n) is 13.7. The zero-order chi connectivity index (χ0) is 19.6. The summed E-state index contributed by atoms with van der Waals surface area (Å²) in [6.07, 6.45) is 1.53. The minimum atomic E-state index is -3.90. The van der Waals surface area contributed by atoms with Crippen LogP contribution >= 0.6 is 23.4 Å². The van der Waals surface area contributed by atoms with E-state index in [1.165, 1.54) is 42.5 Å². The SMILES string of the molecule is C=CCN=C1NS(=O)(=O)c2cc(C(=O)Nc3ccc(F)cc3)c(Cl)cc2S1. The lowest BCUT2D eigenvalue weighted by Crippen LogP contribution is -2.33. The van der Waals surface area contributed by atoms with Crippen molar-refractivity contribution in [3.8, 4) is 0 Å². The van der Waals surface area contributed by atoms with Crippen LogP contribution in [0.1, 0.15) is 10.4 Å². The van der Waals surface area contributed by atoms with E-state index >= 15 is 0 Å². The van der Waals surface area contributed by atoms with Crippen LogP contribution in [0.15, 0.2) is 63.8 Å². The number of thioether (sulfide) groups is 1. The fourth-order valence-electron chi connectivity index (χ4n) is 2.24. The zero-order valence-corrected chi connectivity index (χ0v) is 16.1. The van der Waals surface area contributed by atoms with Gasteiger partial charge in [0.25, 0.3) is 15.9 Å². The van der Waals surface area contributed by atoms with E-state index in [-0.39, 0.29) is 27.2 Å². The molecule has 2 aromatic rings. The molecule has 1 heterocycles. The molecule has 0 aliphatic carbocycles. The van der Waals surface area contributed by atoms with E-state index in [9.17, 15) is 17.6 Å². The second-order valence-electron chi connectivity index (χ2n) is 5.38. The first-order valence-corrected chi connectivity index (χ1v) is 10.2. The number of hydrogen-bond donors (Lipinski definition) is 2. The normalized spacial score (nSPS) is 16.3. The predicted molar refractivity (Wildman–Crippen MR) is 104 cm³/mol. The first-order valence-electron chi connectivity index (χ1n) is 7.56. The summed E-state index contributed by atoms with van der Waals surface area (Å²) in [6.45, 7) is 3.79. The standard InChI is InChI=1S/C17H13ClFN3O3S2/c1-2-7-20-17-22-27(24,25)15-8-12(13(18)9-14(15)26-17)16(23)21-11-5-3-10(19)4-6-11/h2-6,8-9H,1,7H2,(H,20,22)(H,21,23). The summed E-state index contributed by atoms with van der Waals surface area (Å²) in [5.41, 5.74) is 0.335. The quantitative estimate of drug-likeness (QED) is 0.732. The van der Waals surface area contributed by atoms with Crippen molar-refractivity contribution >= 4 is 50.1 Å². The van der Waals surface area contributed by atoms with Crippen molar-refractivity contribution in [2.75, 3.05) is 11.9 Å². The van der Waals surface area contributed by atoms with Gasteiger partial charge in [-0.3, -0.25) is 14.5 Å². The van der Waals surface area contributed by atoms with Gasteiger partial charge < -0.3 is 5.32 Å². The van der Waals surface area contributed by atoms with Crippen LogP contribution in [-0.4, -0.2) is 26.0 Å². The summed E-state index contributed by atoms with van der Waals surface area (Å²) in [7, 11) is -3.90. The summed E-state index contributed by atoms with van der Waals surface area (Å²) in [6, 6.07) is 7.77. The molecule has 0 saturated heterocycles. The van der Waals surface area contributed by atoms with Gasteiger partial charge in [0.05, 0.1) is 17.1 Å². The average Bonchev–Trinajstić information content (AvgIpc) is 2.60. The third kappa shape index (κ3) is 4.32. The van der Waals surface area contributed by atoms with E-state index in [1.54, 1.807) is 0 Å². The highest BCUT2D eigenvalue weighted by atomic mass is 35.5. The third-order valence-corrected chi connectivity index (χ3v) is 6.39. The van der Waals surface area contributed by atoms with Crippen LogP contribution in [0.4, 0.5) is 10.1 Å². The Morgan fingerprint density at radius 2 is 2.04 bits per heavy atom. The van der Waals surface area contributed by atoms with E-state index in [1.807, 2.05) is 0 Å². The van der Waals surface area contributed by atoms with Crippen molar-refractivity contribution in [1.29, 1.82) is 0 Å². The van der Waals surface area contributed by atoms with Crippen molar-refractivity contribution in [2.24, 2.45) is 4.99 Å². The van der Waals surface area contributed by atoms with Gasteiger partial charge in [-0.1, -0.05) is 29.4 Å². The summed E-state index contributed by atoms with van der Waals surface area (Å²) in [4.78, 5) is 16.8. The fraction of sp³-hybridized carbons (Fsp3) is 0.0588. The van der Waals surface area contributed by atoms with E-state index in [0.29, 0.717) is 10.6 Å². The van der Waals surface area contributed by atoms with Crippen molar-refractivity contribution in [3.05, 3.63) is 65.5 Å². The van der Waals surface area contributed by atoms with Crippen LogP contribution in [0.5, 0.6) is 0 Å². The maximum Gasteiger partial charge on any atom is 0.264 e. The molecule has 0 radical (unpaired) electrons. The fourth-order valence-corrected chi connectivity index (χ4v) is 5.19.